The van der Waals surface area contributed by atoms with Crippen LogP contribution in [-0.4, -0.2) is 29.5 Å². The van der Waals surface area contributed by atoms with E-state index in [1.165, 1.54) is 6.42 Å². The first kappa shape index (κ1) is 11.9. The van der Waals surface area contributed by atoms with Crippen LogP contribution in [0.15, 0.2) is 0 Å². The van der Waals surface area contributed by atoms with Crippen molar-refractivity contribution in [2.24, 2.45) is 5.73 Å². The molecule has 0 aliphatic heterocycles. The highest BCUT2D eigenvalue weighted by Gasteiger charge is 2.32. The molecular formula is C10H20N2OS. The molecule has 82 valence electrons. The van der Waals surface area contributed by atoms with Crippen LogP contribution in [0.1, 0.15) is 32.6 Å². The van der Waals surface area contributed by atoms with E-state index in [0.717, 1.165) is 25.0 Å². The van der Waals surface area contributed by atoms with E-state index >= 15 is 0 Å². The molecule has 4 heteroatoms. The highest BCUT2D eigenvalue weighted by Crippen LogP contribution is 2.27. The third kappa shape index (κ3) is 3.88. The summed E-state index contributed by atoms with van der Waals surface area (Å²) in [6, 6.07) is 0. The molecule has 0 heterocycles. The summed E-state index contributed by atoms with van der Waals surface area (Å²) in [7, 11) is 0. The van der Waals surface area contributed by atoms with Gasteiger partial charge in [0.05, 0.1) is 5.75 Å². The molecule has 0 radical (unpaired) electrons. The summed E-state index contributed by atoms with van der Waals surface area (Å²) in [4.78, 5) is 11.3. The van der Waals surface area contributed by atoms with Crippen molar-refractivity contribution in [1.82, 2.24) is 5.32 Å². The highest BCUT2D eigenvalue weighted by molar-refractivity contribution is 7.99. The number of hydrogen-bond donors (Lipinski definition) is 2. The maximum absolute atomic E-state index is 11.3. The lowest BCUT2D eigenvalue weighted by atomic mass is 9.78. The zero-order valence-corrected chi connectivity index (χ0v) is 9.66. The van der Waals surface area contributed by atoms with Crippen molar-refractivity contribution < 1.29 is 4.79 Å². The number of amides is 1. The SMILES string of the molecule is CCCSCC(=O)NCC1(N)CCC1. The lowest BCUT2D eigenvalue weighted by Crippen LogP contribution is -2.55. The maximum Gasteiger partial charge on any atom is 0.230 e. The van der Waals surface area contributed by atoms with Crippen molar-refractivity contribution in [3.05, 3.63) is 0 Å². The van der Waals surface area contributed by atoms with Crippen LogP contribution in [0.25, 0.3) is 0 Å². The molecule has 0 atom stereocenters. The van der Waals surface area contributed by atoms with E-state index in [4.69, 9.17) is 5.73 Å². The molecule has 1 amide bonds. The molecule has 0 saturated heterocycles. The van der Waals surface area contributed by atoms with Gasteiger partial charge in [0.2, 0.25) is 5.91 Å². The Morgan fingerprint density at radius 2 is 2.29 bits per heavy atom. The second-order valence-corrected chi connectivity index (χ2v) is 5.15. The summed E-state index contributed by atoms with van der Waals surface area (Å²) in [6.07, 6.45) is 4.43. The van der Waals surface area contributed by atoms with Gasteiger partial charge in [-0.15, -0.1) is 0 Å². The van der Waals surface area contributed by atoms with Crippen LogP contribution >= 0.6 is 11.8 Å². The van der Waals surface area contributed by atoms with Gasteiger partial charge in [-0.25, -0.2) is 0 Å². The Hall–Kier alpha value is -0.220. The number of hydrogen-bond acceptors (Lipinski definition) is 3. The van der Waals surface area contributed by atoms with Crippen LogP contribution in [0.2, 0.25) is 0 Å². The average Bonchev–Trinajstić information content (AvgIpc) is 2.12. The van der Waals surface area contributed by atoms with Gasteiger partial charge in [-0.3, -0.25) is 4.79 Å². The summed E-state index contributed by atoms with van der Waals surface area (Å²) < 4.78 is 0. The van der Waals surface area contributed by atoms with Crippen molar-refractivity contribution in [2.75, 3.05) is 18.1 Å². The zero-order chi connectivity index (χ0) is 10.4. The van der Waals surface area contributed by atoms with Crippen molar-refractivity contribution in [1.29, 1.82) is 0 Å². The van der Waals surface area contributed by atoms with E-state index in [1.54, 1.807) is 11.8 Å². The first-order valence-corrected chi connectivity index (χ1v) is 6.45. The minimum absolute atomic E-state index is 0.0922. The molecule has 0 bridgehead atoms. The summed E-state index contributed by atoms with van der Waals surface area (Å²) in [5.74, 6) is 1.76. The summed E-state index contributed by atoms with van der Waals surface area (Å²) in [6.45, 7) is 2.77. The molecule has 1 fully saturated rings. The van der Waals surface area contributed by atoms with E-state index in [1.807, 2.05) is 0 Å². The normalized spacial score (nSPS) is 18.7. The van der Waals surface area contributed by atoms with E-state index in [9.17, 15) is 4.79 Å². The van der Waals surface area contributed by atoms with Crippen molar-refractivity contribution >= 4 is 17.7 Å². The molecule has 3 nitrogen and oxygen atoms in total. The predicted molar refractivity (Wildman–Crippen MR) is 61.4 cm³/mol. The number of nitrogens with two attached hydrogens (primary N) is 1. The minimum atomic E-state index is -0.0922. The summed E-state index contributed by atoms with van der Waals surface area (Å²) >= 11 is 1.68. The molecule has 1 rings (SSSR count). The van der Waals surface area contributed by atoms with Gasteiger partial charge in [0.1, 0.15) is 0 Å². The number of carbonyl (C=O) groups excluding carboxylic acids is 1. The standard InChI is InChI=1S/C10H20N2OS/c1-2-6-14-7-9(13)12-8-10(11)4-3-5-10/h2-8,11H2,1H3,(H,12,13). The Morgan fingerprint density at radius 1 is 1.57 bits per heavy atom. The fourth-order valence-electron chi connectivity index (χ4n) is 1.44. The van der Waals surface area contributed by atoms with Gasteiger partial charge < -0.3 is 11.1 Å². The quantitative estimate of drug-likeness (QED) is 0.654. The molecule has 1 saturated carbocycles. The fraction of sp³-hybridized carbons (Fsp3) is 0.900. The Balaban J connectivity index is 2.03. The predicted octanol–water partition coefficient (Wildman–Crippen LogP) is 1.13. The molecule has 14 heavy (non-hydrogen) atoms. The summed E-state index contributed by atoms with van der Waals surface area (Å²) in [5, 5.41) is 2.90. The monoisotopic (exact) mass is 216 g/mol. The topological polar surface area (TPSA) is 55.1 Å². The van der Waals surface area contributed by atoms with Crippen LogP contribution < -0.4 is 11.1 Å². The molecule has 3 N–H and O–H groups in total. The van der Waals surface area contributed by atoms with E-state index in [2.05, 4.69) is 12.2 Å². The second kappa shape index (κ2) is 5.61. The van der Waals surface area contributed by atoms with Crippen LogP contribution in [0.3, 0.4) is 0 Å². The Morgan fingerprint density at radius 3 is 2.79 bits per heavy atom. The van der Waals surface area contributed by atoms with E-state index in [-0.39, 0.29) is 11.4 Å². The zero-order valence-electron chi connectivity index (χ0n) is 8.84. The molecule has 1 aliphatic carbocycles. The minimum Gasteiger partial charge on any atom is -0.354 e. The van der Waals surface area contributed by atoms with E-state index < -0.39 is 0 Å². The lowest BCUT2D eigenvalue weighted by Gasteiger charge is -2.38. The van der Waals surface area contributed by atoms with Crippen molar-refractivity contribution in [3.8, 4) is 0 Å². The van der Waals surface area contributed by atoms with Crippen molar-refractivity contribution in [2.45, 2.75) is 38.1 Å². The van der Waals surface area contributed by atoms with Crippen LogP contribution in [0.5, 0.6) is 0 Å². The first-order valence-electron chi connectivity index (χ1n) is 5.30. The number of carbonyl (C=O) groups is 1. The van der Waals surface area contributed by atoms with Crippen LogP contribution in [0.4, 0.5) is 0 Å². The Bertz CT molecular complexity index is 193. The van der Waals surface area contributed by atoms with Crippen LogP contribution in [0, 0.1) is 0 Å². The number of rotatable bonds is 6. The molecule has 0 aromatic rings. The van der Waals surface area contributed by atoms with Crippen LogP contribution in [-0.2, 0) is 4.79 Å². The van der Waals surface area contributed by atoms with Gasteiger partial charge >= 0.3 is 0 Å². The van der Waals surface area contributed by atoms with Gasteiger partial charge in [-0.1, -0.05) is 6.92 Å². The van der Waals surface area contributed by atoms with Gasteiger partial charge in [-0.05, 0) is 31.4 Å². The van der Waals surface area contributed by atoms with Gasteiger partial charge in [0, 0.05) is 12.1 Å². The molecule has 0 aromatic carbocycles. The largest absolute Gasteiger partial charge is 0.354 e. The third-order valence-electron chi connectivity index (χ3n) is 2.57. The maximum atomic E-state index is 11.3. The second-order valence-electron chi connectivity index (χ2n) is 4.05. The van der Waals surface area contributed by atoms with E-state index in [0.29, 0.717) is 12.3 Å². The highest BCUT2D eigenvalue weighted by atomic mass is 32.2. The molecular weight excluding hydrogens is 196 g/mol. The lowest BCUT2D eigenvalue weighted by molar-refractivity contribution is -0.119. The average molecular weight is 216 g/mol. The smallest absolute Gasteiger partial charge is 0.230 e. The van der Waals surface area contributed by atoms with Crippen molar-refractivity contribution in [3.63, 3.8) is 0 Å². The number of nitrogens with one attached hydrogen (secondary N) is 1. The first-order chi connectivity index (χ1) is 6.66. The molecule has 0 unspecified atom stereocenters. The molecule has 0 spiro atoms. The van der Waals surface area contributed by atoms with Gasteiger partial charge in [0.25, 0.3) is 0 Å². The fourth-order valence-corrected chi connectivity index (χ4v) is 2.16. The molecule has 0 aromatic heterocycles. The molecule has 1 aliphatic rings. The Kier molecular flexibility index (Phi) is 4.75. The Labute approximate surface area is 90.2 Å². The van der Waals surface area contributed by atoms with Gasteiger partial charge in [0.15, 0.2) is 0 Å². The third-order valence-corrected chi connectivity index (χ3v) is 3.73. The number of thioether (sulfide) groups is 1. The summed E-state index contributed by atoms with van der Waals surface area (Å²) in [5.41, 5.74) is 5.89. The van der Waals surface area contributed by atoms with Gasteiger partial charge in [-0.2, -0.15) is 11.8 Å².